The Morgan fingerprint density at radius 3 is 2.44 bits per heavy atom. The lowest BCUT2D eigenvalue weighted by atomic mass is 10.1. The number of hydrogen-bond donors (Lipinski definition) is 0. The molecule has 0 radical (unpaired) electrons. The molecule has 0 aliphatic heterocycles. The van der Waals surface area contributed by atoms with Gasteiger partial charge in [-0.2, -0.15) is 13.2 Å². The van der Waals surface area contributed by atoms with Crippen LogP contribution >= 0.6 is 0 Å². The Hall–Kier alpha value is -2.28. The van der Waals surface area contributed by atoms with Gasteiger partial charge >= 0.3 is 6.18 Å². The van der Waals surface area contributed by atoms with E-state index in [1.165, 1.54) is 17.2 Å². The van der Waals surface area contributed by atoms with Gasteiger partial charge in [-0.05, 0) is 44.8 Å². The zero-order valence-electron chi connectivity index (χ0n) is 14.4. The van der Waals surface area contributed by atoms with E-state index in [9.17, 15) is 18.0 Å². The summed E-state index contributed by atoms with van der Waals surface area (Å²) in [7, 11) is 3.74. The van der Waals surface area contributed by atoms with E-state index >= 15 is 0 Å². The van der Waals surface area contributed by atoms with E-state index in [-0.39, 0.29) is 12.5 Å². The van der Waals surface area contributed by atoms with Crippen LogP contribution in [0.1, 0.15) is 27.2 Å². The summed E-state index contributed by atoms with van der Waals surface area (Å²) in [6.07, 6.45) is -2.98. The van der Waals surface area contributed by atoms with Crippen LogP contribution in [0.25, 0.3) is 0 Å². The predicted octanol–water partition coefficient (Wildman–Crippen LogP) is 3.81. The molecular formula is C18H21F3N2O2. The minimum absolute atomic E-state index is 0.0984. The Bertz CT molecular complexity index is 723. The molecule has 25 heavy (non-hydrogen) atoms. The van der Waals surface area contributed by atoms with Gasteiger partial charge in [-0.1, -0.05) is 12.1 Å². The smallest absolute Gasteiger partial charge is 0.416 e. The second kappa shape index (κ2) is 7.74. The van der Waals surface area contributed by atoms with Crippen LogP contribution in [0.5, 0.6) is 0 Å². The zero-order chi connectivity index (χ0) is 18.6. The van der Waals surface area contributed by atoms with Gasteiger partial charge in [-0.3, -0.25) is 4.79 Å². The van der Waals surface area contributed by atoms with E-state index in [0.29, 0.717) is 30.0 Å². The summed E-state index contributed by atoms with van der Waals surface area (Å²) in [5.74, 6) is 0.231. The van der Waals surface area contributed by atoms with Crippen molar-refractivity contribution in [3.05, 3.63) is 59.0 Å². The van der Waals surface area contributed by atoms with Crippen LogP contribution in [0.4, 0.5) is 13.2 Å². The van der Waals surface area contributed by atoms with E-state index in [0.717, 1.165) is 12.1 Å². The van der Waals surface area contributed by atoms with Crippen molar-refractivity contribution in [2.45, 2.75) is 19.6 Å². The van der Waals surface area contributed by atoms with Crippen LogP contribution in [-0.4, -0.2) is 42.9 Å². The van der Waals surface area contributed by atoms with E-state index in [1.807, 2.05) is 19.0 Å². The third kappa shape index (κ3) is 5.09. The van der Waals surface area contributed by atoms with Crippen LogP contribution in [0.15, 0.2) is 41.0 Å². The molecule has 7 heteroatoms. The van der Waals surface area contributed by atoms with Gasteiger partial charge in [0, 0.05) is 19.6 Å². The zero-order valence-corrected chi connectivity index (χ0v) is 14.4. The minimum Gasteiger partial charge on any atom is -0.469 e. The lowest BCUT2D eigenvalue weighted by Crippen LogP contribution is -2.36. The highest BCUT2D eigenvalue weighted by Gasteiger charge is 2.30. The van der Waals surface area contributed by atoms with Crippen LogP contribution < -0.4 is 0 Å². The second-order valence-corrected chi connectivity index (χ2v) is 6.12. The Morgan fingerprint density at radius 2 is 1.88 bits per heavy atom. The van der Waals surface area contributed by atoms with E-state index in [4.69, 9.17) is 4.42 Å². The van der Waals surface area contributed by atoms with E-state index in [2.05, 4.69) is 0 Å². The Balaban J connectivity index is 2.24. The van der Waals surface area contributed by atoms with Gasteiger partial charge in [0.15, 0.2) is 0 Å². The van der Waals surface area contributed by atoms with Crippen molar-refractivity contribution < 1.29 is 22.4 Å². The molecule has 0 saturated heterocycles. The monoisotopic (exact) mass is 354 g/mol. The third-order valence-electron chi connectivity index (χ3n) is 3.82. The van der Waals surface area contributed by atoms with Crippen molar-refractivity contribution in [1.82, 2.24) is 9.80 Å². The first kappa shape index (κ1) is 19.1. The maximum absolute atomic E-state index is 12.9. The van der Waals surface area contributed by atoms with E-state index in [1.54, 1.807) is 19.1 Å². The number of nitrogens with zero attached hydrogens (tertiary/aromatic N) is 2. The maximum Gasteiger partial charge on any atom is 0.416 e. The van der Waals surface area contributed by atoms with Gasteiger partial charge in [0.1, 0.15) is 5.76 Å². The normalized spacial score (nSPS) is 11.8. The van der Waals surface area contributed by atoms with Gasteiger partial charge < -0.3 is 14.2 Å². The van der Waals surface area contributed by atoms with Gasteiger partial charge in [-0.15, -0.1) is 0 Å². The number of hydrogen-bond acceptors (Lipinski definition) is 3. The first-order valence-corrected chi connectivity index (χ1v) is 7.82. The first-order valence-electron chi connectivity index (χ1n) is 7.82. The fourth-order valence-electron chi connectivity index (χ4n) is 2.42. The van der Waals surface area contributed by atoms with Crippen LogP contribution in [0.2, 0.25) is 0 Å². The Kier molecular flexibility index (Phi) is 5.89. The average Bonchev–Trinajstić information content (AvgIpc) is 2.96. The quantitative estimate of drug-likeness (QED) is 0.792. The summed E-state index contributed by atoms with van der Waals surface area (Å²) in [6.45, 7) is 2.77. The number of benzene rings is 1. The molecule has 0 saturated carbocycles. The Labute approximate surface area is 144 Å². The molecule has 0 N–H and O–H groups in total. The number of furan rings is 1. The molecule has 1 aromatic carbocycles. The van der Waals surface area contributed by atoms with Crippen molar-refractivity contribution >= 4 is 5.91 Å². The van der Waals surface area contributed by atoms with Crippen molar-refractivity contribution in [3.63, 3.8) is 0 Å². The molecule has 1 amide bonds. The number of rotatable bonds is 6. The number of alkyl halides is 3. The SMILES string of the molecule is Cc1occc1C(=O)N(CCN(C)C)Cc1cccc(C(F)(F)F)c1. The topological polar surface area (TPSA) is 36.7 Å². The summed E-state index contributed by atoms with van der Waals surface area (Å²) in [6, 6.07) is 6.63. The van der Waals surface area contributed by atoms with E-state index < -0.39 is 11.7 Å². The fourth-order valence-corrected chi connectivity index (χ4v) is 2.42. The molecule has 1 aromatic heterocycles. The molecule has 4 nitrogen and oxygen atoms in total. The third-order valence-corrected chi connectivity index (χ3v) is 3.82. The molecule has 0 bridgehead atoms. The largest absolute Gasteiger partial charge is 0.469 e. The molecule has 2 aromatic rings. The molecule has 0 spiro atoms. The first-order chi connectivity index (χ1) is 11.7. The summed E-state index contributed by atoms with van der Waals surface area (Å²) in [5.41, 5.74) is 0.137. The standard InChI is InChI=1S/C18H21F3N2O2/c1-13-16(7-10-25-13)17(24)23(9-8-22(2)3)12-14-5-4-6-15(11-14)18(19,20)21/h4-7,10-11H,8-9,12H2,1-3H3. The minimum atomic E-state index is -4.41. The summed E-state index contributed by atoms with van der Waals surface area (Å²) in [4.78, 5) is 16.2. The molecule has 0 aliphatic carbocycles. The predicted molar refractivity (Wildman–Crippen MR) is 88.2 cm³/mol. The van der Waals surface area contributed by atoms with Gasteiger partial charge in [0.25, 0.3) is 5.91 Å². The molecule has 0 unspecified atom stereocenters. The number of carbonyl (C=O) groups excluding carboxylic acids is 1. The summed E-state index contributed by atoms with van der Waals surface area (Å²) >= 11 is 0. The molecule has 0 atom stereocenters. The lowest BCUT2D eigenvalue weighted by molar-refractivity contribution is -0.137. The average molecular weight is 354 g/mol. The van der Waals surface area contributed by atoms with Gasteiger partial charge in [-0.25, -0.2) is 0 Å². The molecule has 1 heterocycles. The van der Waals surface area contributed by atoms with Crippen LogP contribution in [-0.2, 0) is 12.7 Å². The number of likely N-dealkylation sites (N-methyl/N-ethyl adjacent to an activating group) is 1. The number of aryl methyl sites for hydroxylation is 1. The maximum atomic E-state index is 12.9. The molecular weight excluding hydrogens is 333 g/mol. The molecule has 0 aliphatic rings. The number of amides is 1. The highest BCUT2D eigenvalue weighted by Crippen LogP contribution is 2.29. The summed E-state index contributed by atoms with van der Waals surface area (Å²) in [5, 5.41) is 0. The molecule has 136 valence electrons. The van der Waals surface area contributed by atoms with Crippen molar-refractivity contribution in [3.8, 4) is 0 Å². The van der Waals surface area contributed by atoms with Crippen molar-refractivity contribution in [1.29, 1.82) is 0 Å². The second-order valence-electron chi connectivity index (χ2n) is 6.12. The van der Waals surface area contributed by atoms with Gasteiger partial charge in [0.05, 0.1) is 17.4 Å². The number of carbonyl (C=O) groups is 1. The highest BCUT2D eigenvalue weighted by molar-refractivity contribution is 5.95. The lowest BCUT2D eigenvalue weighted by Gasteiger charge is -2.24. The van der Waals surface area contributed by atoms with Crippen molar-refractivity contribution in [2.75, 3.05) is 27.2 Å². The molecule has 2 rings (SSSR count). The van der Waals surface area contributed by atoms with Crippen LogP contribution in [0, 0.1) is 6.92 Å². The number of halogens is 3. The fraction of sp³-hybridized carbons (Fsp3) is 0.389. The van der Waals surface area contributed by atoms with Crippen molar-refractivity contribution in [2.24, 2.45) is 0 Å². The Morgan fingerprint density at radius 1 is 1.16 bits per heavy atom. The highest BCUT2D eigenvalue weighted by atomic mass is 19.4. The summed E-state index contributed by atoms with van der Waals surface area (Å²) < 4.78 is 43.9. The van der Waals surface area contributed by atoms with Gasteiger partial charge in [0.2, 0.25) is 0 Å². The molecule has 0 fully saturated rings. The van der Waals surface area contributed by atoms with Crippen LogP contribution in [0.3, 0.4) is 0 Å².